The zero-order valence-corrected chi connectivity index (χ0v) is 15.6. The lowest BCUT2D eigenvalue weighted by Gasteiger charge is -2.11. The van der Waals surface area contributed by atoms with Crippen LogP contribution in [-0.4, -0.2) is 29.3 Å². The van der Waals surface area contributed by atoms with Gasteiger partial charge in [0.2, 0.25) is 0 Å². The molecule has 5 nitrogen and oxygen atoms in total. The van der Waals surface area contributed by atoms with E-state index < -0.39 is 0 Å². The molecule has 0 amide bonds. The summed E-state index contributed by atoms with van der Waals surface area (Å²) in [5, 5.41) is 11.1. The van der Waals surface area contributed by atoms with Crippen molar-refractivity contribution in [1.29, 1.82) is 0 Å². The van der Waals surface area contributed by atoms with Crippen molar-refractivity contribution in [3.8, 4) is 5.69 Å². The van der Waals surface area contributed by atoms with Crippen LogP contribution in [0.25, 0.3) is 5.69 Å². The Balaban J connectivity index is 1.47. The number of hydrogen-bond donors (Lipinski definition) is 2. The number of aryl methyl sites for hydroxylation is 1. The van der Waals surface area contributed by atoms with Gasteiger partial charge in [0.1, 0.15) is 5.82 Å². The van der Waals surface area contributed by atoms with Gasteiger partial charge in [0.15, 0.2) is 5.96 Å². The lowest BCUT2D eigenvalue weighted by molar-refractivity contribution is 0.627. The molecule has 0 fully saturated rings. The molecule has 0 saturated carbocycles. The molecule has 0 unspecified atom stereocenters. The highest BCUT2D eigenvalue weighted by atomic mass is 19.1. The van der Waals surface area contributed by atoms with E-state index in [0.717, 1.165) is 30.3 Å². The number of nitrogens with one attached hydrogen (secondary N) is 2. The first-order valence-corrected chi connectivity index (χ1v) is 8.94. The molecule has 0 bridgehead atoms. The molecule has 1 heterocycles. The second-order valence-electron chi connectivity index (χ2n) is 6.32. The summed E-state index contributed by atoms with van der Waals surface area (Å²) < 4.78 is 14.8. The maximum atomic E-state index is 13.0. The van der Waals surface area contributed by atoms with E-state index in [1.54, 1.807) is 23.9 Å². The van der Waals surface area contributed by atoms with E-state index in [1.165, 1.54) is 23.3 Å². The number of aromatic nitrogens is 2. The van der Waals surface area contributed by atoms with Gasteiger partial charge in [-0.1, -0.05) is 29.8 Å². The van der Waals surface area contributed by atoms with Crippen LogP contribution in [0, 0.1) is 12.7 Å². The van der Waals surface area contributed by atoms with Crippen LogP contribution < -0.4 is 10.6 Å². The zero-order chi connectivity index (χ0) is 19.1. The molecule has 0 aliphatic rings. The third kappa shape index (κ3) is 5.41. The maximum absolute atomic E-state index is 13.0. The van der Waals surface area contributed by atoms with E-state index in [1.807, 2.05) is 12.3 Å². The smallest absolute Gasteiger partial charge is 0.191 e. The first-order chi connectivity index (χ1) is 13.1. The molecule has 6 heteroatoms. The molecule has 0 saturated heterocycles. The predicted octanol–water partition coefficient (Wildman–Crippen LogP) is 3.23. The average molecular weight is 365 g/mol. The quantitative estimate of drug-likeness (QED) is 0.521. The number of nitrogens with zero attached hydrogens (tertiary/aromatic N) is 3. The minimum Gasteiger partial charge on any atom is -0.356 e. The number of hydrogen-bond acceptors (Lipinski definition) is 2. The fourth-order valence-corrected chi connectivity index (χ4v) is 2.65. The summed E-state index contributed by atoms with van der Waals surface area (Å²) in [6, 6.07) is 16.7. The first kappa shape index (κ1) is 18.6. The van der Waals surface area contributed by atoms with Crippen molar-refractivity contribution in [2.75, 3.05) is 13.6 Å². The highest BCUT2D eigenvalue weighted by Gasteiger charge is 2.03. The molecule has 2 N–H and O–H groups in total. The molecular weight excluding hydrogens is 341 g/mol. The molecule has 0 radical (unpaired) electrons. The Hall–Kier alpha value is -3.15. The fraction of sp³-hybridized carbons (Fsp3) is 0.238. The predicted molar refractivity (Wildman–Crippen MR) is 107 cm³/mol. The van der Waals surface area contributed by atoms with Gasteiger partial charge in [0.25, 0.3) is 0 Å². The lowest BCUT2D eigenvalue weighted by Crippen LogP contribution is -2.37. The Labute approximate surface area is 159 Å². The van der Waals surface area contributed by atoms with Crippen LogP contribution in [0.1, 0.15) is 16.8 Å². The van der Waals surface area contributed by atoms with Crippen molar-refractivity contribution in [2.45, 2.75) is 19.9 Å². The molecule has 27 heavy (non-hydrogen) atoms. The largest absolute Gasteiger partial charge is 0.356 e. The van der Waals surface area contributed by atoms with Crippen LogP contribution in [-0.2, 0) is 13.0 Å². The van der Waals surface area contributed by atoms with Gasteiger partial charge in [-0.05, 0) is 42.8 Å². The van der Waals surface area contributed by atoms with Gasteiger partial charge < -0.3 is 10.6 Å². The summed E-state index contributed by atoms with van der Waals surface area (Å²) >= 11 is 0. The Bertz CT molecular complexity index is 882. The Morgan fingerprint density at radius 1 is 1.04 bits per heavy atom. The highest BCUT2D eigenvalue weighted by Crippen LogP contribution is 2.09. The third-order valence-corrected chi connectivity index (χ3v) is 4.21. The normalized spacial score (nSPS) is 11.4. The maximum Gasteiger partial charge on any atom is 0.191 e. The van der Waals surface area contributed by atoms with Crippen molar-refractivity contribution < 1.29 is 4.39 Å². The standard InChI is InChI=1S/C21H24FN5/c1-16-3-5-17(6-4-16)15-25-21(23-2)24-13-11-19-12-14-27(26-19)20-9-7-18(22)8-10-20/h3-10,12,14H,11,13,15H2,1-2H3,(H2,23,24,25). The van der Waals surface area contributed by atoms with Crippen molar-refractivity contribution in [1.82, 2.24) is 20.4 Å². The van der Waals surface area contributed by atoms with Crippen LogP contribution in [0.4, 0.5) is 4.39 Å². The fourth-order valence-electron chi connectivity index (χ4n) is 2.65. The van der Waals surface area contributed by atoms with Gasteiger partial charge in [-0.25, -0.2) is 9.07 Å². The van der Waals surface area contributed by atoms with Crippen LogP contribution in [0.15, 0.2) is 65.8 Å². The summed E-state index contributed by atoms with van der Waals surface area (Å²) in [5.41, 5.74) is 4.26. The molecule has 0 spiro atoms. The molecule has 0 aliphatic carbocycles. The van der Waals surface area contributed by atoms with Crippen LogP contribution >= 0.6 is 0 Å². The monoisotopic (exact) mass is 365 g/mol. The molecule has 3 rings (SSSR count). The Morgan fingerprint density at radius 2 is 1.78 bits per heavy atom. The van der Waals surface area contributed by atoms with E-state index >= 15 is 0 Å². The van der Waals surface area contributed by atoms with E-state index in [9.17, 15) is 4.39 Å². The van der Waals surface area contributed by atoms with Crippen molar-refractivity contribution in [3.63, 3.8) is 0 Å². The second-order valence-corrected chi connectivity index (χ2v) is 6.32. The topological polar surface area (TPSA) is 54.2 Å². The number of halogens is 1. The lowest BCUT2D eigenvalue weighted by atomic mass is 10.1. The van der Waals surface area contributed by atoms with Gasteiger partial charge in [0, 0.05) is 32.8 Å². The van der Waals surface area contributed by atoms with Gasteiger partial charge >= 0.3 is 0 Å². The minimum absolute atomic E-state index is 0.250. The van der Waals surface area contributed by atoms with Crippen LogP contribution in [0.5, 0.6) is 0 Å². The molecule has 2 aromatic carbocycles. The first-order valence-electron chi connectivity index (χ1n) is 8.94. The van der Waals surface area contributed by atoms with E-state index in [4.69, 9.17) is 0 Å². The second kappa shape index (κ2) is 8.98. The average Bonchev–Trinajstić information content (AvgIpc) is 3.15. The number of rotatable bonds is 6. The van der Waals surface area contributed by atoms with Gasteiger partial charge in [-0.3, -0.25) is 4.99 Å². The SMILES string of the molecule is CN=C(NCCc1ccn(-c2ccc(F)cc2)n1)NCc1ccc(C)cc1. The molecule has 3 aromatic rings. The van der Waals surface area contributed by atoms with Crippen molar-refractivity contribution in [2.24, 2.45) is 4.99 Å². The third-order valence-electron chi connectivity index (χ3n) is 4.21. The van der Waals surface area contributed by atoms with E-state index in [-0.39, 0.29) is 5.82 Å². The molecular formula is C21H24FN5. The Morgan fingerprint density at radius 3 is 2.48 bits per heavy atom. The Kier molecular flexibility index (Phi) is 6.20. The van der Waals surface area contributed by atoms with Crippen LogP contribution in [0.3, 0.4) is 0 Å². The minimum atomic E-state index is -0.250. The van der Waals surface area contributed by atoms with E-state index in [2.05, 4.69) is 51.9 Å². The van der Waals surface area contributed by atoms with Crippen molar-refractivity contribution in [3.05, 3.63) is 83.4 Å². The summed E-state index contributed by atoms with van der Waals surface area (Å²) in [6.07, 6.45) is 2.65. The number of guanidine groups is 1. The molecule has 0 aliphatic heterocycles. The van der Waals surface area contributed by atoms with Crippen molar-refractivity contribution >= 4 is 5.96 Å². The summed E-state index contributed by atoms with van der Waals surface area (Å²) in [4.78, 5) is 4.25. The van der Waals surface area contributed by atoms with Crippen LogP contribution in [0.2, 0.25) is 0 Å². The molecule has 140 valence electrons. The van der Waals surface area contributed by atoms with Gasteiger partial charge in [0.05, 0.1) is 11.4 Å². The highest BCUT2D eigenvalue weighted by molar-refractivity contribution is 5.79. The summed E-state index contributed by atoms with van der Waals surface area (Å²) in [5.74, 6) is 0.508. The number of aliphatic imine (C=N–C) groups is 1. The molecule has 1 aromatic heterocycles. The summed E-state index contributed by atoms with van der Waals surface area (Å²) in [7, 11) is 1.76. The van der Waals surface area contributed by atoms with E-state index in [0.29, 0.717) is 6.54 Å². The zero-order valence-electron chi connectivity index (χ0n) is 15.6. The van der Waals surface area contributed by atoms with Gasteiger partial charge in [-0.15, -0.1) is 0 Å². The van der Waals surface area contributed by atoms with Gasteiger partial charge in [-0.2, -0.15) is 5.10 Å². The molecule has 0 atom stereocenters. The summed E-state index contributed by atoms with van der Waals surface area (Å²) in [6.45, 7) is 3.52. The number of benzene rings is 2.